The number of hydrogen-bond donors (Lipinski definition) is 0. The zero-order valence-electron chi connectivity index (χ0n) is 14.5. The Morgan fingerprint density at radius 1 is 1.12 bits per heavy atom. The number of para-hydroxylation sites is 1. The van der Waals surface area contributed by atoms with Gasteiger partial charge in [0, 0.05) is 37.1 Å². The fourth-order valence-electron chi connectivity index (χ4n) is 3.14. The van der Waals surface area contributed by atoms with E-state index in [9.17, 15) is 0 Å². The maximum Gasteiger partial charge on any atom is 0.151 e. The minimum atomic E-state index is 0.238. The molecule has 1 aliphatic heterocycles. The van der Waals surface area contributed by atoms with Gasteiger partial charge in [0.1, 0.15) is 17.5 Å². The number of aryl methyl sites for hydroxylation is 2. The maximum atomic E-state index is 6.16. The number of benzene rings is 1. The lowest BCUT2D eigenvalue weighted by atomic mass is 10.1. The standard InChI is InChI=1S/C20H21N3O2/c1-14-4-3-5-15(2)20(14)24-18-12-23(13-18)11-17-10-19(22-25-17)16-6-8-21-9-7-16/h3-10,18H,11-13H2,1-2H3. The molecule has 1 aromatic carbocycles. The average Bonchev–Trinajstić information content (AvgIpc) is 3.05. The first-order valence-electron chi connectivity index (χ1n) is 8.50. The summed E-state index contributed by atoms with van der Waals surface area (Å²) in [7, 11) is 0. The molecule has 128 valence electrons. The lowest BCUT2D eigenvalue weighted by Crippen LogP contribution is -2.53. The Morgan fingerprint density at radius 2 is 1.84 bits per heavy atom. The van der Waals surface area contributed by atoms with Crippen LogP contribution in [0.15, 0.2) is 53.3 Å². The number of hydrogen-bond acceptors (Lipinski definition) is 5. The van der Waals surface area contributed by atoms with Crippen molar-refractivity contribution in [3.05, 3.63) is 65.7 Å². The zero-order valence-corrected chi connectivity index (χ0v) is 14.5. The molecule has 3 heterocycles. The minimum absolute atomic E-state index is 0.238. The molecular weight excluding hydrogens is 314 g/mol. The summed E-state index contributed by atoms with van der Waals surface area (Å²) in [5, 5.41) is 4.15. The molecule has 5 heteroatoms. The molecule has 0 saturated carbocycles. The van der Waals surface area contributed by atoms with Gasteiger partial charge in [-0.3, -0.25) is 9.88 Å². The van der Waals surface area contributed by atoms with E-state index >= 15 is 0 Å². The predicted molar refractivity (Wildman–Crippen MR) is 95.3 cm³/mol. The summed E-state index contributed by atoms with van der Waals surface area (Å²) >= 11 is 0. The van der Waals surface area contributed by atoms with Crippen molar-refractivity contribution >= 4 is 0 Å². The SMILES string of the molecule is Cc1cccc(C)c1OC1CN(Cc2cc(-c3ccncc3)no2)C1. The van der Waals surface area contributed by atoms with Crippen LogP contribution in [-0.4, -0.2) is 34.2 Å². The zero-order chi connectivity index (χ0) is 17.2. The van der Waals surface area contributed by atoms with Gasteiger partial charge in [-0.15, -0.1) is 0 Å². The van der Waals surface area contributed by atoms with Crippen LogP contribution in [0.4, 0.5) is 0 Å². The number of ether oxygens (including phenoxy) is 1. The van der Waals surface area contributed by atoms with Crippen molar-refractivity contribution in [2.45, 2.75) is 26.5 Å². The summed E-state index contributed by atoms with van der Waals surface area (Å²) in [6.07, 6.45) is 3.76. The fraction of sp³-hybridized carbons (Fsp3) is 0.300. The summed E-state index contributed by atoms with van der Waals surface area (Å²) in [5.74, 6) is 1.89. The molecule has 3 aromatic rings. The van der Waals surface area contributed by atoms with Gasteiger partial charge in [0.25, 0.3) is 0 Å². The highest BCUT2D eigenvalue weighted by Gasteiger charge is 2.30. The maximum absolute atomic E-state index is 6.16. The molecule has 1 fully saturated rings. The number of pyridine rings is 1. The molecule has 1 aliphatic rings. The van der Waals surface area contributed by atoms with Gasteiger partial charge in [-0.2, -0.15) is 0 Å². The molecule has 1 saturated heterocycles. The Balaban J connectivity index is 1.32. The molecule has 0 bridgehead atoms. The van der Waals surface area contributed by atoms with E-state index < -0.39 is 0 Å². The van der Waals surface area contributed by atoms with Crippen molar-refractivity contribution in [2.24, 2.45) is 0 Å². The van der Waals surface area contributed by atoms with Crippen LogP contribution in [-0.2, 0) is 6.54 Å². The molecule has 0 radical (unpaired) electrons. The summed E-state index contributed by atoms with van der Waals surface area (Å²) < 4.78 is 11.6. The van der Waals surface area contributed by atoms with Crippen LogP contribution in [0.2, 0.25) is 0 Å². The summed E-state index contributed by atoms with van der Waals surface area (Å²) in [6, 6.07) is 12.1. The molecule has 0 N–H and O–H groups in total. The fourth-order valence-corrected chi connectivity index (χ4v) is 3.14. The first-order chi connectivity index (χ1) is 12.2. The largest absolute Gasteiger partial charge is 0.487 e. The normalized spacial score (nSPS) is 15.1. The molecule has 0 unspecified atom stereocenters. The third kappa shape index (κ3) is 3.42. The van der Waals surface area contributed by atoms with E-state index in [1.54, 1.807) is 12.4 Å². The Bertz CT molecular complexity index is 834. The van der Waals surface area contributed by atoms with Crippen LogP contribution in [0.3, 0.4) is 0 Å². The summed E-state index contributed by atoms with van der Waals surface area (Å²) in [5.41, 5.74) is 4.25. The van der Waals surface area contributed by atoms with Crippen LogP contribution in [0.5, 0.6) is 5.75 Å². The van der Waals surface area contributed by atoms with Crippen molar-refractivity contribution in [1.29, 1.82) is 0 Å². The van der Waals surface area contributed by atoms with E-state index in [0.29, 0.717) is 0 Å². The smallest absolute Gasteiger partial charge is 0.151 e. The summed E-state index contributed by atoms with van der Waals surface area (Å²) in [4.78, 5) is 6.32. The highest BCUT2D eigenvalue weighted by molar-refractivity contribution is 5.57. The first kappa shape index (κ1) is 15.8. The van der Waals surface area contributed by atoms with Crippen molar-refractivity contribution < 1.29 is 9.26 Å². The van der Waals surface area contributed by atoms with E-state index in [0.717, 1.165) is 42.4 Å². The highest BCUT2D eigenvalue weighted by atomic mass is 16.5. The second kappa shape index (κ2) is 6.69. The lowest BCUT2D eigenvalue weighted by molar-refractivity contribution is 0.00890. The second-order valence-electron chi connectivity index (χ2n) is 6.57. The van der Waals surface area contributed by atoms with Gasteiger partial charge in [-0.05, 0) is 37.1 Å². The van der Waals surface area contributed by atoms with Crippen LogP contribution < -0.4 is 4.74 Å². The number of nitrogens with zero attached hydrogens (tertiary/aromatic N) is 3. The Morgan fingerprint density at radius 3 is 2.56 bits per heavy atom. The third-order valence-corrected chi connectivity index (χ3v) is 4.53. The van der Waals surface area contributed by atoms with E-state index in [1.807, 2.05) is 18.2 Å². The first-order valence-corrected chi connectivity index (χ1v) is 8.50. The van der Waals surface area contributed by atoms with Crippen molar-refractivity contribution in [2.75, 3.05) is 13.1 Å². The van der Waals surface area contributed by atoms with Crippen LogP contribution in [0.25, 0.3) is 11.3 Å². The van der Waals surface area contributed by atoms with Crippen molar-refractivity contribution in [3.63, 3.8) is 0 Å². The molecule has 0 amide bonds. The van der Waals surface area contributed by atoms with Gasteiger partial charge in [0.15, 0.2) is 5.76 Å². The Hall–Kier alpha value is -2.66. The van der Waals surface area contributed by atoms with E-state index in [-0.39, 0.29) is 6.10 Å². The average molecular weight is 335 g/mol. The van der Waals surface area contributed by atoms with Crippen LogP contribution >= 0.6 is 0 Å². The molecule has 25 heavy (non-hydrogen) atoms. The third-order valence-electron chi connectivity index (χ3n) is 4.53. The number of likely N-dealkylation sites (tertiary alicyclic amines) is 1. The molecule has 0 atom stereocenters. The van der Waals surface area contributed by atoms with Gasteiger partial charge in [-0.1, -0.05) is 23.4 Å². The Kier molecular flexibility index (Phi) is 4.24. The molecular formula is C20H21N3O2. The minimum Gasteiger partial charge on any atom is -0.487 e. The van der Waals surface area contributed by atoms with Gasteiger partial charge in [0.05, 0.1) is 6.54 Å². The quantitative estimate of drug-likeness (QED) is 0.713. The highest BCUT2D eigenvalue weighted by Crippen LogP contribution is 2.27. The van der Waals surface area contributed by atoms with Crippen LogP contribution in [0.1, 0.15) is 16.9 Å². The van der Waals surface area contributed by atoms with Gasteiger partial charge in [0.2, 0.25) is 0 Å². The van der Waals surface area contributed by atoms with Crippen LogP contribution in [0, 0.1) is 13.8 Å². The van der Waals surface area contributed by atoms with E-state index in [2.05, 4.69) is 47.1 Å². The van der Waals surface area contributed by atoms with Gasteiger partial charge < -0.3 is 9.26 Å². The monoisotopic (exact) mass is 335 g/mol. The Labute approximate surface area is 147 Å². The molecule has 5 nitrogen and oxygen atoms in total. The molecule has 0 aliphatic carbocycles. The number of aromatic nitrogens is 2. The molecule has 0 spiro atoms. The van der Waals surface area contributed by atoms with Gasteiger partial charge >= 0.3 is 0 Å². The molecule has 2 aromatic heterocycles. The topological polar surface area (TPSA) is 51.4 Å². The lowest BCUT2D eigenvalue weighted by Gasteiger charge is -2.38. The van der Waals surface area contributed by atoms with Crippen molar-refractivity contribution in [1.82, 2.24) is 15.0 Å². The van der Waals surface area contributed by atoms with Gasteiger partial charge in [-0.25, -0.2) is 0 Å². The summed E-state index contributed by atoms with van der Waals surface area (Å²) in [6.45, 7) is 6.74. The predicted octanol–water partition coefficient (Wildman–Crippen LogP) is 3.62. The number of rotatable bonds is 5. The van der Waals surface area contributed by atoms with Crippen molar-refractivity contribution in [3.8, 4) is 17.0 Å². The van der Waals surface area contributed by atoms with E-state index in [1.165, 1.54) is 11.1 Å². The molecule has 4 rings (SSSR count). The second-order valence-corrected chi connectivity index (χ2v) is 6.57. The van der Waals surface area contributed by atoms with E-state index in [4.69, 9.17) is 9.26 Å².